The molecule has 0 atom stereocenters. The van der Waals surface area contributed by atoms with Gasteiger partial charge in [-0.15, -0.1) is 0 Å². The summed E-state index contributed by atoms with van der Waals surface area (Å²) in [4.78, 5) is 33.7. The summed E-state index contributed by atoms with van der Waals surface area (Å²) in [5, 5.41) is 13.7. The van der Waals surface area contributed by atoms with E-state index in [1.54, 1.807) is 12.3 Å². The van der Waals surface area contributed by atoms with Gasteiger partial charge in [-0.05, 0) is 31.2 Å². The van der Waals surface area contributed by atoms with Gasteiger partial charge in [0.2, 0.25) is 0 Å². The van der Waals surface area contributed by atoms with Gasteiger partial charge in [0.15, 0.2) is 5.65 Å². The van der Waals surface area contributed by atoms with Crippen LogP contribution in [0.5, 0.6) is 0 Å². The molecule has 9 heteroatoms. The number of ketones is 1. The van der Waals surface area contributed by atoms with Crippen LogP contribution in [0.3, 0.4) is 0 Å². The van der Waals surface area contributed by atoms with E-state index in [2.05, 4.69) is 25.5 Å². The number of aromatic amines is 2. The predicted molar refractivity (Wildman–Crippen MR) is 106 cm³/mol. The summed E-state index contributed by atoms with van der Waals surface area (Å²) in [6.07, 6.45) is 1.81. The number of pyridine rings is 1. The number of nitrogens with one attached hydrogen (secondary N) is 2. The summed E-state index contributed by atoms with van der Waals surface area (Å²) in [5.41, 5.74) is 4.68. The minimum Gasteiger partial charge on any atom is -0.300 e. The number of hydrogen-bond acceptors (Lipinski definition) is 6. The molecule has 5 rings (SSSR count). The minimum atomic E-state index is -0.280. The lowest BCUT2D eigenvalue weighted by Gasteiger charge is -2.03. The van der Waals surface area contributed by atoms with E-state index in [0.29, 0.717) is 33.8 Å². The minimum absolute atomic E-state index is 0.0292. The smallest absolute Gasteiger partial charge is 0.273 e. The van der Waals surface area contributed by atoms with Crippen molar-refractivity contribution in [3.63, 3.8) is 0 Å². The van der Waals surface area contributed by atoms with Crippen LogP contribution in [0.4, 0.5) is 0 Å². The normalized spacial score (nSPS) is 11.3. The summed E-state index contributed by atoms with van der Waals surface area (Å²) < 4.78 is 1.35. The van der Waals surface area contributed by atoms with E-state index in [1.165, 1.54) is 17.5 Å². The Kier molecular flexibility index (Phi) is 3.80. The zero-order chi connectivity index (χ0) is 20.0. The van der Waals surface area contributed by atoms with E-state index in [9.17, 15) is 9.59 Å². The quantitative estimate of drug-likeness (QED) is 0.489. The first-order chi connectivity index (χ1) is 14.1. The van der Waals surface area contributed by atoms with Crippen LogP contribution in [0.25, 0.3) is 39.2 Å². The Balaban J connectivity index is 1.78. The molecular weight excluding hydrogens is 370 g/mol. The van der Waals surface area contributed by atoms with Gasteiger partial charge in [-0.25, -0.2) is 9.50 Å². The van der Waals surface area contributed by atoms with Gasteiger partial charge in [0, 0.05) is 24.2 Å². The lowest BCUT2D eigenvalue weighted by Crippen LogP contribution is -2.14. The molecule has 0 fully saturated rings. The molecule has 0 spiro atoms. The van der Waals surface area contributed by atoms with Crippen molar-refractivity contribution in [1.82, 2.24) is 35.0 Å². The van der Waals surface area contributed by atoms with Gasteiger partial charge in [-0.2, -0.15) is 15.4 Å². The van der Waals surface area contributed by atoms with Crippen molar-refractivity contribution in [3.8, 4) is 22.5 Å². The summed E-state index contributed by atoms with van der Waals surface area (Å²) in [6, 6.07) is 12.4. The van der Waals surface area contributed by atoms with Crippen molar-refractivity contribution in [2.75, 3.05) is 0 Å². The van der Waals surface area contributed by atoms with Crippen molar-refractivity contribution in [2.24, 2.45) is 0 Å². The second-order valence-corrected chi connectivity index (χ2v) is 6.72. The second kappa shape index (κ2) is 6.48. The highest BCUT2D eigenvalue weighted by Crippen LogP contribution is 2.28. The monoisotopic (exact) mass is 385 g/mol. The number of carbonyl (C=O) groups excluding carboxylic acids is 1. The van der Waals surface area contributed by atoms with Crippen molar-refractivity contribution >= 4 is 22.5 Å². The van der Waals surface area contributed by atoms with E-state index in [1.807, 2.05) is 30.3 Å². The number of aromatic nitrogens is 7. The van der Waals surface area contributed by atoms with Gasteiger partial charge in [0.1, 0.15) is 16.8 Å². The molecule has 0 aliphatic carbocycles. The Hall–Kier alpha value is -4.14. The maximum absolute atomic E-state index is 12.8. The van der Waals surface area contributed by atoms with Crippen LogP contribution in [-0.2, 0) is 11.2 Å². The number of benzene rings is 1. The van der Waals surface area contributed by atoms with Gasteiger partial charge in [-0.1, -0.05) is 12.1 Å². The van der Waals surface area contributed by atoms with Crippen molar-refractivity contribution < 1.29 is 4.79 Å². The molecule has 4 heterocycles. The second-order valence-electron chi connectivity index (χ2n) is 6.72. The van der Waals surface area contributed by atoms with Crippen LogP contribution in [0.15, 0.2) is 53.5 Å². The molecule has 9 nitrogen and oxygen atoms in total. The first-order valence-corrected chi connectivity index (χ1v) is 8.96. The number of H-pyrrole nitrogens is 2. The molecular formula is C20H15N7O2. The number of nitrogens with zero attached hydrogens (tertiary/aromatic N) is 5. The molecule has 142 valence electrons. The molecule has 0 bridgehead atoms. The standard InChI is InChI=1S/C20H15N7O2/c1-11(28)8-17-19(14-4-2-3-7-21-14)20-22-15(10-18(29)27(20)25-17)12-5-6-13-16(9-12)24-26-23-13/h2-7,9-10,25H,8H2,1H3,(H,23,24,26). The average molecular weight is 385 g/mol. The Morgan fingerprint density at radius 1 is 1.07 bits per heavy atom. The number of Topliss-reactive ketones (excluding diaryl/α,β-unsaturated/α-hetero) is 1. The molecule has 0 aliphatic rings. The van der Waals surface area contributed by atoms with E-state index in [4.69, 9.17) is 4.98 Å². The maximum atomic E-state index is 12.8. The molecule has 29 heavy (non-hydrogen) atoms. The summed E-state index contributed by atoms with van der Waals surface area (Å²) in [6.45, 7) is 1.50. The van der Waals surface area contributed by atoms with Crippen LogP contribution in [-0.4, -0.2) is 40.8 Å². The Morgan fingerprint density at radius 3 is 2.72 bits per heavy atom. The molecule has 0 aliphatic heterocycles. The van der Waals surface area contributed by atoms with E-state index in [-0.39, 0.29) is 17.8 Å². The Labute approximate surface area is 163 Å². The fourth-order valence-electron chi connectivity index (χ4n) is 3.39. The Bertz CT molecular complexity index is 1430. The third kappa shape index (κ3) is 2.89. The Morgan fingerprint density at radius 2 is 1.93 bits per heavy atom. The number of carbonyl (C=O) groups is 1. The molecule has 0 saturated carbocycles. The molecule has 0 amide bonds. The van der Waals surface area contributed by atoms with E-state index < -0.39 is 0 Å². The van der Waals surface area contributed by atoms with Gasteiger partial charge in [0.05, 0.1) is 22.6 Å². The molecule has 4 aromatic heterocycles. The van der Waals surface area contributed by atoms with Crippen LogP contribution in [0.1, 0.15) is 12.6 Å². The fourth-order valence-corrected chi connectivity index (χ4v) is 3.39. The molecule has 0 saturated heterocycles. The zero-order valence-corrected chi connectivity index (χ0v) is 15.4. The van der Waals surface area contributed by atoms with Gasteiger partial charge in [-0.3, -0.25) is 19.7 Å². The highest BCUT2D eigenvalue weighted by molar-refractivity contribution is 5.86. The lowest BCUT2D eigenvalue weighted by molar-refractivity contribution is -0.116. The van der Waals surface area contributed by atoms with Crippen molar-refractivity contribution in [2.45, 2.75) is 13.3 Å². The maximum Gasteiger partial charge on any atom is 0.273 e. The first-order valence-electron chi connectivity index (χ1n) is 8.96. The number of hydrogen-bond donors (Lipinski definition) is 2. The van der Waals surface area contributed by atoms with E-state index >= 15 is 0 Å². The van der Waals surface area contributed by atoms with Crippen LogP contribution in [0, 0.1) is 0 Å². The third-order valence-corrected chi connectivity index (χ3v) is 4.65. The summed E-state index contributed by atoms with van der Waals surface area (Å²) in [7, 11) is 0. The van der Waals surface area contributed by atoms with Crippen molar-refractivity contribution in [3.05, 3.63) is 64.7 Å². The number of fused-ring (bicyclic) bond motifs is 2. The number of rotatable bonds is 4. The highest BCUT2D eigenvalue weighted by atomic mass is 16.1. The lowest BCUT2D eigenvalue weighted by atomic mass is 10.1. The SMILES string of the molecule is CC(=O)Cc1[nH]n2c(=O)cc(-c3ccc4n[nH]nc4c3)nc2c1-c1ccccn1. The highest BCUT2D eigenvalue weighted by Gasteiger charge is 2.19. The van der Waals surface area contributed by atoms with Gasteiger partial charge < -0.3 is 0 Å². The molecule has 0 unspecified atom stereocenters. The fraction of sp³-hybridized carbons (Fsp3) is 0.100. The largest absolute Gasteiger partial charge is 0.300 e. The molecule has 5 aromatic rings. The zero-order valence-electron chi connectivity index (χ0n) is 15.4. The van der Waals surface area contributed by atoms with Crippen molar-refractivity contribution in [1.29, 1.82) is 0 Å². The van der Waals surface area contributed by atoms with Crippen LogP contribution in [0.2, 0.25) is 0 Å². The summed E-state index contributed by atoms with van der Waals surface area (Å²) in [5.74, 6) is -0.0292. The average Bonchev–Trinajstić information content (AvgIpc) is 3.32. The third-order valence-electron chi connectivity index (χ3n) is 4.65. The first kappa shape index (κ1) is 17.0. The molecule has 1 aromatic carbocycles. The topological polar surface area (TPSA) is 122 Å². The summed E-state index contributed by atoms with van der Waals surface area (Å²) >= 11 is 0. The van der Waals surface area contributed by atoms with E-state index in [0.717, 1.165) is 11.1 Å². The molecule has 2 N–H and O–H groups in total. The van der Waals surface area contributed by atoms with Crippen LogP contribution >= 0.6 is 0 Å². The van der Waals surface area contributed by atoms with Gasteiger partial charge >= 0.3 is 0 Å². The predicted octanol–water partition coefficient (Wildman–Crippen LogP) is 2.15. The van der Waals surface area contributed by atoms with Gasteiger partial charge in [0.25, 0.3) is 5.56 Å². The van der Waals surface area contributed by atoms with Crippen LogP contribution < -0.4 is 5.56 Å². The molecule has 0 radical (unpaired) electrons.